The summed E-state index contributed by atoms with van der Waals surface area (Å²) in [4.78, 5) is 17.4. The van der Waals surface area contributed by atoms with Crippen LogP contribution in [0.2, 0.25) is 0 Å². The van der Waals surface area contributed by atoms with Crippen molar-refractivity contribution in [3.63, 3.8) is 0 Å². The molecule has 0 atom stereocenters. The molecule has 4 nitrogen and oxygen atoms in total. The molecule has 1 aromatic carbocycles. The van der Waals surface area contributed by atoms with Crippen molar-refractivity contribution in [3.8, 4) is 11.3 Å². The van der Waals surface area contributed by atoms with Crippen LogP contribution < -0.4 is 0 Å². The third-order valence-corrected chi connectivity index (χ3v) is 2.92. The Morgan fingerprint density at radius 1 is 1.50 bits per heavy atom. The van der Waals surface area contributed by atoms with E-state index in [4.69, 9.17) is 5.11 Å². The predicted octanol–water partition coefficient (Wildman–Crippen LogP) is 3.00. The second kappa shape index (κ2) is 5.30. The van der Waals surface area contributed by atoms with Crippen LogP contribution in [0.4, 0.5) is 4.39 Å². The lowest BCUT2D eigenvalue weighted by Gasteiger charge is -2.00. The van der Waals surface area contributed by atoms with Crippen LogP contribution in [0.3, 0.4) is 0 Å². The summed E-state index contributed by atoms with van der Waals surface area (Å²) in [6.07, 6.45) is 1.79. The molecule has 2 N–H and O–H groups in total. The van der Waals surface area contributed by atoms with Gasteiger partial charge >= 0.3 is 5.97 Å². The summed E-state index contributed by atoms with van der Waals surface area (Å²) in [5.41, 5.74) is 0.938. The van der Waals surface area contributed by atoms with Gasteiger partial charge in [-0.15, -0.1) is 0 Å². The Morgan fingerprint density at radius 2 is 2.28 bits per heavy atom. The van der Waals surface area contributed by atoms with Gasteiger partial charge in [-0.25, -0.2) is 9.37 Å². The molecule has 0 amide bonds. The average molecular weight is 313 g/mol. The fraction of sp³-hybridized carbons (Fsp3) is 0.167. The molecular formula is C12H10BrFN2O2. The van der Waals surface area contributed by atoms with E-state index in [2.05, 4.69) is 25.9 Å². The van der Waals surface area contributed by atoms with Gasteiger partial charge in [0.15, 0.2) is 0 Å². The number of benzene rings is 1. The monoisotopic (exact) mass is 312 g/mol. The van der Waals surface area contributed by atoms with E-state index in [1.165, 1.54) is 12.3 Å². The maximum Gasteiger partial charge on any atom is 0.303 e. The van der Waals surface area contributed by atoms with E-state index in [9.17, 15) is 9.18 Å². The van der Waals surface area contributed by atoms with Gasteiger partial charge in [-0.2, -0.15) is 0 Å². The van der Waals surface area contributed by atoms with Crippen molar-refractivity contribution in [1.82, 2.24) is 9.97 Å². The van der Waals surface area contributed by atoms with E-state index in [1.807, 2.05) is 0 Å². The lowest BCUT2D eigenvalue weighted by Crippen LogP contribution is -1.98. The van der Waals surface area contributed by atoms with Gasteiger partial charge in [-0.3, -0.25) is 4.79 Å². The van der Waals surface area contributed by atoms with Crippen LogP contribution in [-0.4, -0.2) is 21.0 Å². The standard InChI is InChI=1S/C12H10BrFN2O2/c13-7-1-2-9(14)8(5-7)10-6-15-11(16-10)3-4-12(17)18/h1-2,5-6H,3-4H2,(H,15,16)(H,17,18). The maximum atomic E-state index is 13.6. The van der Waals surface area contributed by atoms with Gasteiger partial charge in [-0.05, 0) is 18.2 Å². The van der Waals surface area contributed by atoms with Gasteiger partial charge in [-0.1, -0.05) is 15.9 Å². The first-order valence-electron chi connectivity index (χ1n) is 5.27. The Kier molecular flexibility index (Phi) is 3.76. The van der Waals surface area contributed by atoms with E-state index in [1.54, 1.807) is 12.1 Å². The number of carboxylic acids is 1. The lowest BCUT2D eigenvalue weighted by molar-refractivity contribution is -0.137. The summed E-state index contributed by atoms with van der Waals surface area (Å²) in [5.74, 6) is -0.708. The minimum absolute atomic E-state index is 0.00603. The van der Waals surface area contributed by atoms with Gasteiger partial charge in [0.1, 0.15) is 11.6 Å². The molecule has 1 aromatic heterocycles. The van der Waals surface area contributed by atoms with E-state index < -0.39 is 5.97 Å². The van der Waals surface area contributed by atoms with Crippen LogP contribution in [0, 0.1) is 5.82 Å². The highest BCUT2D eigenvalue weighted by Crippen LogP contribution is 2.24. The first kappa shape index (κ1) is 12.8. The van der Waals surface area contributed by atoms with Crippen molar-refractivity contribution < 1.29 is 14.3 Å². The molecule has 0 spiro atoms. The van der Waals surface area contributed by atoms with E-state index >= 15 is 0 Å². The maximum absolute atomic E-state index is 13.6. The normalized spacial score (nSPS) is 10.6. The van der Waals surface area contributed by atoms with Gasteiger partial charge < -0.3 is 10.1 Å². The Labute approximate surface area is 111 Å². The van der Waals surface area contributed by atoms with Crippen LogP contribution in [-0.2, 0) is 11.2 Å². The highest BCUT2D eigenvalue weighted by Gasteiger charge is 2.09. The molecule has 0 bridgehead atoms. The molecule has 0 aliphatic heterocycles. The molecule has 2 rings (SSSR count). The minimum Gasteiger partial charge on any atom is -0.481 e. The lowest BCUT2D eigenvalue weighted by atomic mass is 10.1. The fourth-order valence-electron chi connectivity index (χ4n) is 1.56. The molecule has 0 aliphatic rings. The number of nitrogens with one attached hydrogen (secondary N) is 1. The van der Waals surface area contributed by atoms with Crippen molar-refractivity contribution in [3.05, 3.63) is 40.5 Å². The smallest absolute Gasteiger partial charge is 0.303 e. The molecular weight excluding hydrogens is 303 g/mol. The number of aliphatic carboxylic acids is 1. The summed E-state index contributed by atoms with van der Waals surface area (Å²) in [5, 5.41) is 8.57. The summed E-state index contributed by atoms with van der Waals surface area (Å²) in [7, 11) is 0. The summed E-state index contributed by atoms with van der Waals surface area (Å²) >= 11 is 3.27. The number of hydrogen-bond donors (Lipinski definition) is 2. The molecule has 6 heteroatoms. The Bertz CT molecular complexity index is 583. The number of aromatic nitrogens is 2. The predicted molar refractivity (Wildman–Crippen MR) is 67.6 cm³/mol. The van der Waals surface area contributed by atoms with Crippen molar-refractivity contribution in [1.29, 1.82) is 0 Å². The molecule has 0 fully saturated rings. The Balaban J connectivity index is 2.23. The number of carbonyl (C=O) groups is 1. The zero-order valence-electron chi connectivity index (χ0n) is 9.28. The van der Waals surface area contributed by atoms with Gasteiger partial charge in [0, 0.05) is 16.5 Å². The first-order chi connectivity index (χ1) is 8.56. The van der Waals surface area contributed by atoms with Crippen LogP contribution in [0.25, 0.3) is 11.3 Å². The van der Waals surface area contributed by atoms with Crippen LogP contribution in [0.1, 0.15) is 12.2 Å². The van der Waals surface area contributed by atoms with Gasteiger partial charge in [0.2, 0.25) is 0 Å². The molecule has 0 saturated carbocycles. The number of hydrogen-bond acceptors (Lipinski definition) is 2. The number of aryl methyl sites for hydroxylation is 1. The summed E-state index contributed by atoms with van der Waals surface area (Å²) in [6.45, 7) is 0. The second-order valence-electron chi connectivity index (χ2n) is 3.76. The van der Waals surface area contributed by atoms with Crippen molar-refractivity contribution in [2.24, 2.45) is 0 Å². The number of H-pyrrole nitrogens is 1. The molecule has 0 saturated heterocycles. The third kappa shape index (κ3) is 2.95. The summed E-state index contributed by atoms with van der Waals surface area (Å²) in [6, 6.07) is 4.61. The topological polar surface area (TPSA) is 66.0 Å². The fourth-order valence-corrected chi connectivity index (χ4v) is 1.92. The highest BCUT2D eigenvalue weighted by molar-refractivity contribution is 9.10. The van der Waals surface area contributed by atoms with Crippen LogP contribution >= 0.6 is 15.9 Å². The quantitative estimate of drug-likeness (QED) is 0.912. The van der Waals surface area contributed by atoms with Crippen LogP contribution in [0.15, 0.2) is 28.9 Å². The minimum atomic E-state index is -0.887. The third-order valence-electron chi connectivity index (χ3n) is 2.42. The van der Waals surface area contributed by atoms with Gasteiger partial charge in [0.25, 0.3) is 0 Å². The largest absolute Gasteiger partial charge is 0.481 e. The number of imidazole rings is 1. The zero-order chi connectivity index (χ0) is 13.1. The van der Waals surface area contributed by atoms with Gasteiger partial charge in [0.05, 0.1) is 18.3 Å². The van der Waals surface area contributed by atoms with E-state index in [-0.39, 0.29) is 12.2 Å². The van der Waals surface area contributed by atoms with E-state index in [0.29, 0.717) is 23.5 Å². The molecule has 2 aromatic rings. The first-order valence-corrected chi connectivity index (χ1v) is 6.06. The number of nitrogens with zero attached hydrogens (tertiary/aromatic N) is 1. The van der Waals surface area contributed by atoms with Crippen LogP contribution in [0.5, 0.6) is 0 Å². The van der Waals surface area contributed by atoms with Crippen molar-refractivity contribution >= 4 is 21.9 Å². The van der Waals surface area contributed by atoms with Crippen molar-refractivity contribution in [2.75, 3.05) is 0 Å². The zero-order valence-corrected chi connectivity index (χ0v) is 10.9. The van der Waals surface area contributed by atoms with Crippen molar-refractivity contribution in [2.45, 2.75) is 12.8 Å². The molecule has 0 aliphatic carbocycles. The SMILES string of the molecule is O=C(O)CCc1ncc(-c2cc(Br)ccc2F)[nH]1. The highest BCUT2D eigenvalue weighted by atomic mass is 79.9. The molecule has 0 radical (unpaired) electrons. The molecule has 94 valence electrons. The van der Waals surface area contributed by atoms with E-state index in [0.717, 1.165) is 4.47 Å². The summed E-state index contributed by atoms with van der Waals surface area (Å²) < 4.78 is 14.4. The number of aromatic amines is 1. The number of rotatable bonds is 4. The Morgan fingerprint density at radius 3 is 3.00 bits per heavy atom. The molecule has 18 heavy (non-hydrogen) atoms. The average Bonchev–Trinajstić information content (AvgIpc) is 2.78. The second-order valence-corrected chi connectivity index (χ2v) is 4.68. The number of carboxylic acid groups (broad SMARTS) is 1. The number of halogens is 2. The molecule has 1 heterocycles. The molecule has 0 unspecified atom stereocenters. The Hall–Kier alpha value is -1.69.